The molecule has 86 valence electrons. The first-order chi connectivity index (χ1) is 7.24. The summed E-state index contributed by atoms with van der Waals surface area (Å²) in [6.45, 7) is 2.20. The fraction of sp³-hybridized carbons (Fsp3) is 0.750. The molecule has 1 atom stereocenters. The van der Waals surface area contributed by atoms with E-state index in [9.17, 15) is 9.90 Å². The van der Waals surface area contributed by atoms with E-state index in [0.717, 1.165) is 24.8 Å². The summed E-state index contributed by atoms with van der Waals surface area (Å²) in [4.78, 5) is 10.8. The van der Waals surface area contributed by atoms with Gasteiger partial charge in [0.05, 0.1) is 0 Å². The number of aliphatic hydroxyl groups excluding tert-OH is 1. The van der Waals surface area contributed by atoms with Crippen LogP contribution in [0.4, 0.5) is 0 Å². The summed E-state index contributed by atoms with van der Waals surface area (Å²) in [5, 5.41) is 9.29. The van der Waals surface area contributed by atoms with E-state index in [1.807, 2.05) is 0 Å². The zero-order chi connectivity index (χ0) is 11.1. The van der Waals surface area contributed by atoms with Crippen molar-refractivity contribution in [2.24, 2.45) is 0 Å². The Hall–Kier alpha value is -0.830. The highest BCUT2D eigenvalue weighted by Crippen LogP contribution is 2.20. The topological polar surface area (TPSA) is 46.5 Å². The maximum Gasteiger partial charge on any atom is 0.333 e. The molecule has 3 heteroatoms. The van der Waals surface area contributed by atoms with Crippen molar-refractivity contribution in [1.82, 2.24) is 0 Å². The summed E-state index contributed by atoms with van der Waals surface area (Å²) < 4.78 is 4.59. The summed E-state index contributed by atoms with van der Waals surface area (Å²) in [5.74, 6) is -0.413. The Balaban J connectivity index is 2.05. The first kappa shape index (κ1) is 12.2. The molecule has 0 saturated heterocycles. The number of hydrogen-bond acceptors (Lipinski definition) is 3. The van der Waals surface area contributed by atoms with Gasteiger partial charge in [0.1, 0.15) is 0 Å². The lowest BCUT2D eigenvalue weighted by Crippen LogP contribution is -2.09. The monoisotopic (exact) mass is 212 g/mol. The molecule has 1 aliphatic heterocycles. The molecule has 15 heavy (non-hydrogen) atoms. The van der Waals surface area contributed by atoms with Crippen LogP contribution in [0.25, 0.3) is 0 Å². The zero-order valence-electron chi connectivity index (χ0n) is 9.37. The van der Waals surface area contributed by atoms with Gasteiger partial charge in [0.15, 0.2) is 0 Å². The van der Waals surface area contributed by atoms with Crippen LogP contribution in [0.5, 0.6) is 0 Å². The molecule has 1 unspecified atom stereocenters. The molecular weight excluding hydrogens is 192 g/mol. The van der Waals surface area contributed by atoms with Gasteiger partial charge in [0.25, 0.3) is 0 Å². The van der Waals surface area contributed by atoms with Crippen molar-refractivity contribution < 1.29 is 14.6 Å². The Morgan fingerprint density at radius 2 is 1.93 bits per heavy atom. The third kappa shape index (κ3) is 4.47. The molecule has 3 nitrogen and oxygen atoms in total. The second-order valence-corrected chi connectivity index (χ2v) is 4.03. The van der Waals surface area contributed by atoms with Gasteiger partial charge in [0, 0.05) is 11.6 Å². The molecule has 0 amide bonds. The van der Waals surface area contributed by atoms with Crippen molar-refractivity contribution in [1.29, 1.82) is 0 Å². The second kappa shape index (κ2) is 6.62. The minimum absolute atomic E-state index is 0.413. The van der Waals surface area contributed by atoms with E-state index in [2.05, 4.69) is 11.7 Å². The van der Waals surface area contributed by atoms with Gasteiger partial charge in [0.2, 0.25) is 6.29 Å². The minimum atomic E-state index is -0.979. The molecule has 0 saturated carbocycles. The lowest BCUT2D eigenvalue weighted by atomic mass is 10.1. The smallest absolute Gasteiger partial charge is 0.333 e. The normalized spacial score (nSPS) is 20.3. The molecule has 1 heterocycles. The standard InChI is InChI=1S/C12H20O3/c1-2-3-4-5-6-7-8-10-9-11(13)15-12(10)14/h9,12,14H,2-8H2,1H3. The van der Waals surface area contributed by atoms with Gasteiger partial charge >= 0.3 is 5.97 Å². The van der Waals surface area contributed by atoms with Crippen LogP contribution in [0.1, 0.15) is 51.9 Å². The number of carbonyl (C=O) groups is 1. The van der Waals surface area contributed by atoms with Crippen molar-refractivity contribution in [2.75, 3.05) is 0 Å². The van der Waals surface area contributed by atoms with Crippen molar-refractivity contribution >= 4 is 5.97 Å². The van der Waals surface area contributed by atoms with Crippen LogP contribution in [0.15, 0.2) is 11.6 Å². The minimum Gasteiger partial charge on any atom is -0.429 e. The van der Waals surface area contributed by atoms with Gasteiger partial charge in [-0.2, -0.15) is 0 Å². The Bertz CT molecular complexity index is 233. The number of aliphatic hydroxyl groups is 1. The number of unbranched alkanes of at least 4 members (excludes halogenated alkanes) is 5. The van der Waals surface area contributed by atoms with Crippen molar-refractivity contribution in [3.63, 3.8) is 0 Å². The fourth-order valence-electron chi connectivity index (χ4n) is 1.75. The molecule has 0 aromatic rings. The van der Waals surface area contributed by atoms with Gasteiger partial charge in [-0.05, 0) is 12.8 Å². The quantitative estimate of drug-likeness (QED) is 0.521. The maximum atomic E-state index is 10.8. The summed E-state index contributed by atoms with van der Waals surface area (Å²) in [5.41, 5.74) is 0.732. The predicted molar refractivity (Wildman–Crippen MR) is 58.2 cm³/mol. The molecule has 0 aromatic carbocycles. The first-order valence-electron chi connectivity index (χ1n) is 5.83. The van der Waals surface area contributed by atoms with Crippen LogP contribution >= 0.6 is 0 Å². The molecule has 1 N–H and O–H groups in total. The van der Waals surface area contributed by atoms with E-state index in [-0.39, 0.29) is 0 Å². The SMILES string of the molecule is CCCCCCCCC1=CC(=O)OC1O. The van der Waals surface area contributed by atoms with E-state index in [4.69, 9.17) is 0 Å². The number of cyclic esters (lactones) is 1. The fourth-order valence-corrected chi connectivity index (χ4v) is 1.75. The van der Waals surface area contributed by atoms with Crippen LogP contribution in [0, 0.1) is 0 Å². The van der Waals surface area contributed by atoms with Crippen molar-refractivity contribution in [3.8, 4) is 0 Å². The molecule has 0 radical (unpaired) electrons. The van der Waals surface area contributed by atoms with E-state index in [1.54, 1.807) is 0 Å². The predicted octanol–water partition coefficient (Wildman–Crippen LogP) is 2.54. The summed E-state index contributed by atoms with van der Waals surface area (Å²) in [6.07, 6.45) is 8.49. The molecule has 0 bridgehead atoms. The highest BCUT2D eigenvalue weighted by molar-refractivity contribution is 5.85. The molecule has 0 aliphatic carbocycles. The van der Waals surface area contributed by atoms with Gasteiger partial charge in [-0.1, -0.05) is 39.0 Å². The highest BCUT2D eigenvalue weighted by Gasteiger charge is 2.22. The van der Waals surface area contributed by atoms with Crippen molar-refractivity contribution in [2.45, 2.75) is 58.2 Å². The molecule has 0 aromatic heterocycles. The Kier molecular flexibility index (Phi) is 5.40. The number of hydrogen-bond donors (Lipinski definition) is 1. The maximum absolute atomic E-state index is 10.8. The summed E-state index contributed by atoms with van der Waals surface area (Å²) in [7, 11) is 0. The van der Waals surface area contributed by atoms with Gasteiger partial charge in [-0.25, -0.2) is 4.79 Å². The van der Waals surface area contributed by atoms with Crippen LogP contribution in [-0.4, -0.2) is 17.4 Å². The summed E-state index contributed by atoms with van der Waals surface area (Å²) >= 11 is 0. The zero-order valence-corrected chi connectivity index (χ0v) is 9.37. The summed E-state index contributed by atoms with van der Waals surface area (Å²) in [6, 6.07) is 0. The van der Waals surface area contributed by atoms with Crippen LogP contribution in [0.3, 0.4) is 0 Å². The average Bonchev–Trinajstić information content (AvgIpc) is 2.51. The Morgan fingerprint density at radius 3 is 2.53 bits per heavy atom. The van der Waals surface area contributed by atoms with Crippen LogP contribution in [-0.2, 0) is 9.53 Å². The van der Waals surface area contributed by atoms with E-state index in [1.165, 1.54) is 31.8 Å². The molecule has 0 fully saturated rings. The van der Waals surface area contributed by atoms with E-state index < -0.39 is 12.3 Å². The number of ether oxygens (including phenoxy) is 1. The molecule has 1 aliphatic rings. The van der Waals surface area contributed by atoms with Crippen LogP contribution in [0.2, 0.25) is 0 Å². The number of esters is 1. The lowest BCUT2D eigenvalue weighted by molar-refractivity contribution is -0.151. The number of rotatable bonds is 7. The Morgan fingerprint density at radius 1 is 1.27 bits per heavy atom. The van der Waals surface area contributed by atoms with Crippen molar-refractivity contribution in [3.05, 3.63) is 11.6 Å². The highest BCUT2D eigenvalue weighted by atomic mass is 16.6. The van der Waals surface area contributed by atoms with Gasteiger partial charge in [-0.15, -0.1) is 0 Å². The van der Waals surface area contributed by atoms with E-state index in [0.29, 0.717) is 0 Å². The average molecular weight is 212 g/mol. The molecular formula is C12H20O3. The van der Waals surface area contributed by atoms with E-state index >= 15 is 0 Å². The first-order valence-corrected chi connectivity index (χ1v) is 5.83. The molecule has 0 spiro atoms. The van der Waals surface area contributed by atoms with Crippen LogP contribution < -0.4 is 0 Å². The Labute approximate surface area is 91.1 Å². The third-order valence-electron chi connectivity index (χ3n) is 2.67. The lowest BCUT2D eigenvalue weighted by Gasteiger charge is -2.06. The molecule has 1 rings (SSSR count). The number of carbonyl (C=O) groups excluding carboxylic acids is 1. The van der Waals surface area contributed by atoms with Gasteiger partial charge < -0.3 is 9.84 Å². The second-order valence-electron chi connectivity index (χ2n) is 4.03. The largest absolute Gasteiger partial charge is 0.429 e. The third-order valence-corrected chi connectivity index (χ3v) is 2.67. The van der Waals surface area contributed by atoms with Gasteiger partial charge in [-0.3, -0.25) is 0 Å².